The number of aliphatic hydroxyl groups is 1. The molecule has 0 saturated heterocycles. The first-order valence-corrected chi connectivity index (χ1v) is 8.92. The topological polar surface area (TPSA) is 82.8 Å². The van der Waals surface area contributed by atoms with Crippen molar-refractivity contribution in [2.24, 2.45) is 0 Å². The Balaban J connectivity index is 2.45. The van der Waals surface area contributed by atoms with Gasteiger partial charge < -0.3 is 19.7 Å². The zero-order valence-electron chi connectivity index (χ0n) is 12.0. The van der Waals surface area contributed by atoms with Gasteiger partial charge in [-0.25, -0.2) is 0 Å². The van der Waals surface area contributed by atoms with Gasteiger partial charge in [0.15, 0.2) is 0 Å². The molecular weight excluding hydrogens is 310 g/mol. The number of thioether (sulfide) groups is 2. The summed E-state index contributed by atoms with van der Waals surface area (Å²) in [5.41, 5.74) is 0.519. The molecule has 118 valence electrons. The first-order valence-electron chi connectivity index (χ1n) is 6.54. The summed E-state index contributed by atoms with van der Waals surface area (Å²) in [4.78, 5) is 0. The highest BCUT2D eigenvalue weighted by Crippen LogP contribution is 2.27. The normalized spacial score (nSPS) is 10.6. The van der Waals surface area contributed by atoms with Gasteiger partial charge in [0.05, 0.1) is 24.9 Å². The smallest absolute Gasteiger partial charge is 0.129 e. The van der Waals surface area contributed by atoms with Crippen LogP contribution < -0.4 is 4.74 Å². The zero-order chi connectivity index (χ0) is 15.5. The molecule has 0 aromatic heterocycles. The number of aromatic hydroxyl groups is 1. The van der Waals surface area contributed by atoms with Crippen LogP contribution in [0.1, 0.15) is 5.56 Å². The van der Waals surface area contributed by atoms with E-state index < -0.39 is 0 Å². The van der Waals surface area contributed by atoms with Crippen molar-refractivity contribution in [1.82, 2.24) is 0 Å². The summed E-state index contributed by atoms with van der Waals surface area (Å²) in [7, 11) is 0. The van der Waals surface area contributed by atoms with Crippen LogP contribution in [-0.2, 0) is 4.74 Å². The van der Waals surface area contributed by atoms with Gasteiger partial charge in [0.1, 0.15) is 18.1 Å². The molecule has 0 radical (unpaired) electrons. The molecule has 0 heterocycles. The standard InChI is InChI=1S/C14H21NO4S2/c1-20-8-9-21-14(15)12-3-2-11(10-13(12)17)19-7-6-18-5-4-16/h2-3,10,15-17H,4-9H2,1H3. The van der Waals surface area contributed by atoms with Gasteiger partial charge in [0.2, 0.25) is 0 Å². The van der Waals surface area contributed by atoms with Crippen molar-refractivity contribution < 1.29 is 19.7 Å². The van der Waals surface area contributed by atoms with Crippen molar-refractivity contribution in [1.29, 1.82) is 5.41 Å². The zero-order valence-corrected chi connectivity index (χ0v) is 13.6. The lowest BCUT2D eigenvalue weighted by atomic mass is 10.2. The van der Waals surface area contributed by atoms with E-state index in [9.17, 15) is 5.11 Å². The van der Waals surface area contributed by atoms with Gasteiger partial charge in [0, 0.05) is 23.1 Å². The number of nitrogens with one attached hydrogen (secondary N) is 1. The molecule has 1 rings (SSSR count). The van der Waals surface area contributed by atoms with Crippen LogP contribution in [0.2, 0.25) is 0 Å². The molecule has 0 saturated carbocycles. The third-order valence-corrected chi connectivity index (χ3v) is 4.27. The maximum absolute atomic E-state index is 9.96. The minimum absolute atomic E-state index is 0.00813. The first kappa shape index (κ1) is 18.2. The SMILES string of the molecule is CSCCSC(=N)c1ccc(OCCOCCO)cc1O. The summed E-state index contributed by atoms with van der Waals surface area (Å²) < 4.78 is 10.5. The van der Waals surface area contributed by atoms with E-state index in [0.29, 0.717) is 29.6 Å². The lowest BCUT2D eigenvalue weighted by Crippen LogP contribution is -2.09. The van der Waals surface area contributed by atoms with Crippen LogP contribution in [0.4, 0.5) is 0 Å². The largest absolute Gasteiger partial charge is 0.507 e. The Morgan fingerprint density at radius 3 is 2.71 bits per heavy atom. The van der Waals surface area contributed by atoms with E-state index in [1.165, 1.54) is 17.8 Å². The second-order valence-corrected chi connectivity index (χ2v) is 6.12. The first-order chi connectivity index (χ1) is 10.2. The monoisotopic (exact) mass is 331 g/mol. The number of hydrogen-bond acceptors (Lipinski definition) is 7. The van der Waals surface area contributed by atoms with Crippen LogP contribution in [0.5, 0.6) is 11.5 Å². The van der Waals surface area contributed by atoms with Gasteiger partial charge in [-0.15, -0.1) is 11.8 Å². The number of ether oxygens (including phenoxy) is 2. The average Bonchev–Trinajstić information content (AvgIpc) is 2.47. The highest BCUT2D eigenvalue weighted by molar-refractivity contribution is 8.15. The van der Waals surface area contributed by atoms with Crippen molar-refractivity contribution >= 4 is 28.6 Å². The molecule has 0 spiro atoms. The third-order valence-electron chi connectivity index (χ3n) is 2.48. The maximum Gasteiger partial charge on any atom is 0.129 e. The number of aliphatic hydroxyl groups excluding tert-OH is 1. The van der Waals surface area contributed by atoms with E-state index in [1.54, 1.807) is 23.9 Å². The molecule has 0 aliphatic heterocycles. The highest BCUT2D eigenvalue weighted by atomic mass is 32.2. The van der Waals surface area contributed by atoms with Gasteiger partial charge in [-0.1, -0.05) is 0 Å². The lowest BCUT2D eigenvalue weighted by molar-refractivity contribution is 0.0705. The molecule has 1 aromatic rings. The van der Waals surface area contributed by atoms with Crippen molar-refractivity contribution in [3.63, 3.8) is 0 Å². The third kappa shape index (κ3) is 7.08. The number of phenolic OH excluding ortho intramolecular Hbond substituents is 1. The van der Waals surface area contributed by atoms with Crippen LogP contribution in [0.25, 0.3) is 0 Å². The van der Waals surface area contributed by atoms with Gasteiger partial charge in [0.25, 0.3) is 0 Å². The van der Waals surface area contributed by atoms with Crippen molar-refractivity contribution in [3.8, 4) is 11.5 Å². The van der Waals surface area contributed by atoms with Crippen LogP contribution in [0, 0.1) is 5.41 Å². The van der Waals surface area contributed by atoms with E-state index in [-0.39, 0.29) is 19.0 Å². The molecule has 0 aliphatic rings. The molecule has 0 aliphatic carbocycles. The van der Waals surface area contributed by atoms with Gasteiger partial charge in [-0.3, -0.25) is 5.41 Å². The molecule has 1 aromatic carbocycles. The highest BCUT2D eigenvalue weighted by Gasteiger charge is 2.09. The number of benzene rings is 1. The Morgan fingerprint density at radius 1 is 1.24 bits per heavy atom. The second-order valence-electron chi connectivity index (χ2n) is 4.03. The molecule has 0 atom stereocenters. The van der Waals surface area contributed by atoms with Crippen LogP contribution in [0.15, 0.2) is 18.2 Å². The van der Waals surface area contributed by atoms with Crippen molar-refractivity contribution in [2.75, 3.05) is 44.2 Å². The number of rotatable bonds is 10. The fourth-order valence-corrected chi connectivity index (χ4v) is 3.02. The molecule has 0 unspecified atom stereocenters. The summed E-state index contributed by atoms with van der Waals surface area (Å²) >= 11 is 3.15. The second kappa shape index (κ2) is 10.8. The van der Waals surface area contributed by atoms with E-state index >= 15 is 0 Å². The molecule has 21 heavy (non-hydrogen) atoms. The molecule has 7 heteroatoms. The van der Waals surface area contributed by atoms with E-state index in [1.807, 2.05) is 6.26 Å². The molecule has 0 bridgehead atoms. The van der Waals surface area contributed by atoms with Crippen LogP contribution in [-0.4, -0.2) is 59.4 Å². The Morgan fingerprint density at radius 2 is 2.05 bits per heavy atom. The summed E-state index contributed by atoms with van der Waals surface area (Å²) in [5.74, 6) is 2.40. The Hall–Kier alpha value is -0.890. The average molecular weight is 331 g/mol. The number of hydrogen-bond donors (Lipinski definition) is 3. The maximum atomic E-state index is 9.96. The molecule has 3 N–H and O–H groups in total. The minimum Gasteiger partial charge on any atom is -0.507 e. The van der Waals surface area contributed by atoms with Gasteiger partial charge in [-0.05, 0) is 18.4 Å². The van der Waals surface area contributed by atoms with Gasteiger partial charge in [-0.2, -0.15) is 11.8 Å². The fourth-order valence-electron chi connectivity index (χ4n) is 1.48. The fraction of sp³-hybridized carbons (Fsp3) is 0.500. The Bertz CT molecular complexity index is 443. The Kier molecular flexibility index (Phi) is 9.32. The lowest BCUT2D eigenvalue weighted by Gasteiger charge is -2.10. The summed E-state index contributed by atoms with van der Waals surface area (Å²) in [6, 6.07) is 4.92. The predicted molar refractivity (Wildman–Crippen MR) is 89.2 cm³/mol. The quantitative estimate of drug-likeness (QED) is 0.346. The van der Waals surface area contributed by atoms with Crippen LogP contribution in [0.3, 0.4) is 0 Å². The van der Waals surface area contributed by atoms with E-state index in [4.69, 9.17) is 20.0 Å². The number of phenols is 1. The summed E-state index contributed by atoms with van der Waals surface area (Å²) in [6.45, 7) is 1.01. The van der Waals surface area contributed by atoms with E-state index in [2.05, 4.69) is 0 Å². The molecule has 0 amide bonds. The van der Waals surface area contributed by atoms with Gasteiger partial charge >= 0.3 is 0 Å². The Labute approximate surface area is 133 Å². The molecular formula is C14H21NO4S2. The summed E-state index contributed by atoms with van der Waals surface area (Å²) in [5, 5.41) is 26.8. The molecule has 0 fully saturated rings. The predicted octanol–water partition coefficient (Wildman–Crippen LogP) is 2.20. The van der Waals surface area contributed by atoms with E-state index in [0.717, 1.165) is 11.5 Å². The summed E-state index contributed by atoms with van der Waals surface area (Å²) in [6.07, 6.45) is 2.03. The van der Waals surface area contributed by atoms with Crippen molar-refractivity contribution in [2.45, 2.75) is 0 Å². The minimum atomic E-state index is -0.00813. The van der Waals surface area contributed by atoms with Crippen LogP contribution >= 0.6 is 23.5 Å². The molecule has 5 nitrogen and oxygen atoms in total. The van der Waals surface area contributed by atoms with Crippen molar-refractivity contribution in [3.05, 3.63) is 23.8 Å².